The van der Waals surface area contributed by atoms with Crippen molar-refractivity contribution in [2.24, 2.45) is 17.8 Å². The van der Waals surface area contributed by atoms with E-state index >= 15 is 4.39 Å². The molecule has 2 aromatic carbocycles. The van der Waals surface area contributed by atoms with Crippen LogP contribution in [-0.4, -0.2) is 49.3 Å². The van der Waals surface area contributed by atoms with Crippen LogP contribution < -0.4 is 19.7 Å². The molecule has 1 N–H and O–H groups in total. The molecule has 0 spiro atoms. The number of ketones is 1. The standard InChI is InChI=1S/C35H46FN3O3/c1-22(12-13-24-6-3-7-24)20-39-31(37-29-15-14-28(32(36)33(29)39)34(40)26-8-4-9-26)21-38-18-16-25(17-19-38)27-10-5-11-30-35(27)42-23(2)41-30/h5,10-11,14-15,22-26,31,37H,3-4,6-9,12-13,16-21H2,1-2H3. The maximum atomic E-state index is 16.2. The second-order valence-corrected chi connectivity index (χ2v) is 13.7. The maximum Gasteiger partial charge on any atom is 0.238 e. The number of ether oxygens (including phenoxy) is 2. The number of hydrogen-bond donors (Lipinski definition) is 1. The minimum atomic E-state index is -0.321. The van der Waals surface area contributed by atoms with Crippen molar-refractivity contribution in [1.82, 2.24) is 4.90 Å². The van der Waals surface area contributed by atoms with E-state index in [1.807, 2.05) is 19.1 Å². The van der Waals surface area contributed by atoms with Gasteiger partial charge >= 0.3 is 0 Å². The molecule has 5 aliphatic rings. The number of nitrogens with zero attached hydrogens (tertiary/aromatic N) is 2. The number of likely N-dealkylation sites (tertiary alicyclic amines) is 1. The Morgan fingerprint density at radius 3 is 2.55 bits per heavy atom. The third-order valence-electron chi connectivity index (χ3n) is 10.7. The van der Waals surface area contributed by atoms with Crippen LogP contribution in [0.1, 0.15) is 99.9 Å². The van der Waals surface area contributed by atoms with Crippen molar-refractivity contribution < 1.29 is 18.7 Å². The van der Waals surface area contributed by atoms with Crippen LogP contribution in [0.3, 0.4) is 0 Å². The number of anilines is 2. The first kappa shape index (κ1) is 28.0. The van der Waals surface area contributed by atoms with Crippen LogP contribution in [0.25, 0.3) is 0 Å². The molecule has 7 heteroatoms. The number of halogens is 1. The summed E-state index contributed by atoms with van der Waals surface area (Å²) in [5.41, 5.74) is 2.98. The molecule has 42 heavy (non-hydrogen) atoms. The summed E-state index contributed by atoms with van der Waals surface area (Å²) in [4.78, 5) is 17.9. The number of piperidine rings is 1. The molecule has 2 saturated carbocycles. The molecular formula is C35H46FN3O3. The average molecular weight is 576 g/mol. The average Bonchev–Trinajstić information content (AvgIpc) is 3.47. The topological polar surface area (TPSA) is 54.0 Å². The van der Waals surface area contributed by atoms with Gasteiger partial charge in [-0.3, -0.25) is 9.69 Å². The third-order valence-corrected chi connectivity index (χ3v) is 10.7. The highest BCUT2D eigenvalue weighted by Gasteiger charge is 2.38. The third kappa shape index (κ3) is 5.38. The van der Waals surface area contributed by atoms with Gasteiger partial charge in [0.05, 0.1) is 16.9 Å². The van der Waals surface area contributed by atoms with Gasteiger partial charge in [0, 0.05) is 31.5 Å². The number of carbonyl (C=O) groups is 1. The fourth-order valence-corrected chi connectivity index (χ4v) is 7.66. The summed E-state index contributed by atoms with van der Waals surface area (Å²) in [5, 5.41) is 3.67. The molecule has 3 atom stereocenters. The smallest absolute Gasteiger partial charge is 0.238 e. The summed E-state index contributed by atoms with van der Waals surface area (Å²) < 4.78 is 28.0. The summed E-state index contributed by atoms with van der Waals surface area (Å²) in [6, 6.07) is 9.92. The Bertz CT molecular complexity index is 1300. The predicted molar refractivity (Wildman–Crippen MR) is 164 cm³/mol. The molecule has 3 heterocycles. The van der Waals surface area contributed by atoms with E-state index in [4.69, 9.17) is 9.47 Å². The molecule has 0 radical (unpaired) electrons. The van der Waals surface area contributed by atoms with Crippen LogP contribution in [0.5, 0.6) is 11.5 Å². The second-order valence-electron chi connectivity index (χ2n) is 13.7. The van der Waals surface area contributed by atoms with Gasteiger partial charge in [-0.05, 0) is 81.1 Å². The van der Waals surface area contributed by atoms with Gasteiger partial charge in [0.1, 0.15) is 6.17 Å². The number of rotatable bonds is 10. The Morgan fingerprint density at radius 1 is 1.05 bits per heavy atom. The van der Waals surface area contributed by atoms with Crippen LogP contribution in [0.15, 0.2) is 30.3 Å². The lowest BCUT2D eigenvalue weighted by atomic mass is 9.79. The van der Waals surface area contributed by atoms with Crippen LogP contribution in [0.4, 0.5) is 15.8 Å². The Labute approximate surface area is 249 Å². The normalized spacial score (nSPS) is 25.1. The molecule has 0 aromatic heterocycles. The SMILES string of the molecule is CC(CCC1CCC1)CN1c2c(ccc(C(=O)C3CCC3)c2F)NC1CN1CCC(c2cccc3c2OC(C)O3)CC1. The summed E-state index contributed by atoms with van der Waals surface area (Å²) in [6.07, 6.45) is 11.3. The van der Waals surface area contributed by atoms with E-state index in [1.54, 1.807) is 6.07 Å². The molecule has 3 aliphatic heterocycles. The fraction of sp³-hybridized carbons (Fsp3) is 0.629. The van der Waals surface area contributed by atoms with Crippen molar-refractivity contribution in [1.29, 1.82) is 0 Å². The minimum absolute atomic E-state index is 0.00938. The number of nitrogens with one attached hydrogen (secondary N) is 1. The number of para-hydroxylation sites is 1. The van der Waals surface area contributed by atoms with Crippen molar-refractivity contribution in [2.75, 3.05) is 36.4 Å². The molecule has 2 aromatic rings. The number of fused-ring (bicyclic) bond motifs is 2. The number of Topliss-reactive ketones (excluding diaryl/α,β-unsaturated/α-hetero) is 1. The van der Waals surface area contributed by atoms with E-state index in [9.17, 15) is 4.79 Å². The first-order valence-electron chi connectivity index (χ1n) is 16.5. The Morgan fingerprint density at radius 2 is 1.83 bits per heavy atom. The van der Waals surface area contributed by atoms with Crippen molar-refractivity contribution in [2.45, 2.75) is 96.4 Å². The zero-order chi connectivity index (χ0) is 28.8. The number of carbonyl (C=O) groups excluding carboxylic acids is 1. The van der Waals surface area contributed by atoms with Crippen molar-refractivity contribution in [3.05, 3.63) is 47.3 Å². The van der Waals surface area contributed by atoms with E-state index in [1.165, 1.54) is 37.7 Å². The predicted octanol–water partition coefficient (Wildman–Crippen LogP) is 7.58. The highest BCUT2D eigenvalue weighted by molar-refractivity contribution is 6.01. The van der Waals surface area contributed by atoms with E-state index in [2.05, 4.69) is 34.2 Å². The molecule has 2 aliphatic carbocycles. The molecule has 3 unspecified atom stereocenters. The molecule has 0 bridgehead atoms. The lowest BCUT2D eigenvalue weighted by Gasteiger charge is -2.37. The van der Waals surface area contributed by atoms with Gasteiger partial charge in [0.25, 0.3) is 0 Å². The van der Waals surface area contributed by atoms with Crippen LogP contribution >= 0.6 is 0 Å². The number of benzene rings is 2. The van der Waals surface area contributed by atoms with Crippen LogP contribution in [0, 0.1) is 23.6 Å². The minimum Gasteiger partial charge on any atom is -0.451 e. The van der Waals surface area contributed by atoms with Crippen molar-refractivity contribution >= 4 is 17.2 Å². The second kappa shape index (κ2) is 11.7. The van der Waals surface area contributed by atoms with Gasteiger partial charge in [-0.25, -0.2) is 4.39 Å². The van der Waals surface area contributed by atoms with Gasteiger partial charge in [0.15, 0.2) is 23.1 Å². The van der Waals surface area contributed by atoms with Gasteiger partial charge in [-0.2, -0.15) is 0 Å². The monoisotopic (exact) mass is 575 g/mol. The van der Waals surface area contributed by atoms with E-state index in [0.717, 1.165) is 81.4 Å². The largest absolute Gasteiger partial charge is 0.451 e. The first-order chi connectivity index (χ1) is 20.4. The molecule has 6 nitrogen and oxygen atoms in total. The Kier molecular flexibility index (Phi) is 7.80. The van der Waals surface area contributed by atoms with Gasteiger partial charge in [0.2, 0.25) is 6.29 Å². The molecular weight excluding hydrogens is 529 g/mol. The lowest BCUT2D eigenvalue weighted by Crippen LogP contribution is -2.48. The quantitative estimate of drug-likeness (QED) is 0.295. The first-order valence-corrected chi connectivity index (χ1v) is 16.5. The van der Waals surface area contributed by atoms with Crippen LogP contribution in [-0.2, 0) is 0 Å². The van der Waals surface area contributed by atoms with Gasteiger partial charge in [-0.1, -0.05) is 51.2 Å². The highest BCUT2D eigenvalue weighted by atomic mass is 19.1. The van der Waals surface area contributed by atoms with Gasteiger partial charge in [-0.15, -0.1) is 0 Å². The summed E-state index contributed by atoms with van der Waals surface area (Å²) >= 11 is 0. The molecule has 1 saturated heterocycles. The maximum absolute atomic E-state index is 16.2. The molecule has 3 fully saturated rings. The molecule has 0 amide bonds. The van der Waals surface area contributed by atoms with E-state index in [0.29, 0.717) is 17.5 Å². The van der Waals surface area contributed by atoms with E-state index in [-0.39, 0.29) is 35.5 Å². The Hall–Kier alpha value is -2.80. The molecule has 226 valence electrons. The number of hydrogen-bond acceptors (Lipinski definition) is 6. The summed E-state index contributed by atoms with van der Waals surface area (Å²) in [5.74, 6) is 3.21. The Balaban J connectivity index is 1.05. The lowest BCUT2D eigenvalue weighted by molar-refractivity contribution is 0.0668. The van der Waals surface area contributed by atoms with Crippen molar-refractivity contribution in [3.63, 3.8) is 0 Å². The zero-order valence-electron chi connectivity index (χ0n) is 25.2. The van der Waals surface area contributed by atoms with Gasteiger partial charge < -0.3 is 19.7 Å². The van der Waals surface area contributed by atoms with Crippen molar-refractivity contribution in [3.8, 4) is 11.5 Å². The summed E-state index contributed by atoms with van der Waals surface area (Å²) in [7, 11) is 0. The van der Waals surface area contributed by atoms with Crippen LogP contribution in [0.2, 0.25) is 0 Å². The molecule has 7 rings (SSSR count). The zero-order valence-corrected chi connectivity index (χ0v) is 25.2. The summed E-state index contributed by atoms with van der Waals surface area (Å²) in [6.45, 7) is 7.85. The fourth-order valence-electron chi connectivity index (χ4n) is 7.66. The van der Waals surface area contributed by atoms with E-state index < -0.39 is 0 Å². The highest BCUT2D eigenvalue weighted by Crippen LogP contribution is 2.45.